The minimum absolute atomic E-state index is 0.0676. The van der Waals surface area contributed by atoms with Crippen molar-refractivity contribution >= 4 is 21.6 Å². The van der Waals surface area contributed by atoms with Crippen molar-refractivity contribution in [3.05, 3.63) is 63.0 Å². The van der Waals surface area contributed by atoms with Crippen molar-refractivity contribution in [2.24, 2.45) is 0 Å². The van der Waals surface area contributed by atoms with Crippen molar-refractivity contribution in [3.63, 3.8) is 0 Å². The second-order valence-corrected chi connectivity index (χ2v) is 6.49. The SMILES string of the molecule is O=c1[nH]cc(S(=O)(=O)NCc2ccc(CO)cc2)cc1Cl. The number of benzene rings is 1. The van der Waals surface area contributed by atoms with Crippen LogP contribution in [0.25, 0.3) is 0 Å². The van der Waals surface area contributed by atoms with Gasteiger partial charge in [0, 0.05) is 12.7 Å². The van der Waals surface area contributed by atoms with Gasteiger partial charge in [-0.3, -0.25) is 4.79 Å². The zero-order valence-electron chi connectivity index (χ0n) is 10.8. The fraction of sp³-hybridized carbons (Fsp3) is 0.154. The number of aromatic amines is 1. The summed E-state index contributed by atoms with van der Waals surface area (Å²) < 4.78 is 26.5. The summed E-state index contributed by atoms with van der Waals surface area (Å²) in [4.78, 5) is 13.3. The van der Waals surface area contributed by atoms with Gasteiger partial charge in [-0.15, -0.1) is 0 Å². The Bertz CT molecular complexity index is 785. The Labute approximate surface area is 126 Å². The zero-order chi connectivity index (χ0) is 15.5. The molecule has 0 bridgehead atoms. The van der Waals surface area contributed by atoms with Gasteiger partial charge in [-0.05, 0) is 17.2 Å². The highest BCUT2D eigenvalue weighted by molar-refractivity contribution is 7.89. The van der Waals surface area contributed by atoms with Crippen LogP contribution in [0.15, 0.2) is 46.2 Å². The van der Waals surface area contributed by atoms with E-state index in [2.05, 4.69) is 9.71 Å². The molecule has 1 aromatic carbocycles. The molecule has 112 valence electrons. The molecule has 0 aliphatic heterocycles. The van der Waals surface area contributed by atoms with E-state index in [0.717, 1.165) is 23.4 Å². The monoisotopic (exact) mass is 328 g/mol. The van der Waals surface area contributed by atoms with Crippen molar-refractivity contribution in [3.8, 4) is 0 Å². The number of pyridine rings is 1. The third-order valence-corrected chi connectivity index (χ3v) is 4.48. The lowest BCUT2D eigenvalue weighted by molar-refractivity contribution is 0.282. The first-order chi connectivity index (χ1) is 9.92. The number of hydrogen-bond donors (Lipinski definition) is 3. The zero-order valence-corrected chi connectivity index (χ0v) is 12.4. The van der Waals surface area contributed by atoms with Crippen molar-refractivity contribution < 1.29 is 13.5 Å². The molecule has 6 nitrogen and oxygen atoms in total. The topological polar surface area (TPSA) is 99.3 Å². The lowest BCUT2D eigenvalue weighted by Crippen LogP contribution is -2.24. The number of aromatic nitrogens is 1. The molecule has 0 unspecified atom stereocenters. The number of aliphatic hydroxyl groups is 1. The van der Waals surface area contributed by atoms with Gasteiger partial charge < -0.3 is 10.1 Å². The van der Waals surface area contributed by atoms with E-state index in [1.165, 1.54) is 0 Å². The first-order valence-electron chi connectivity index (χ1n) is 5.99. The van der Waals surface area contributed by atoms with Crippen LogP contribution >= 0.6 is 11.6 Å². The van der Waals surface area contributed by atoms with Crippen LogP contribution in [0.1, 0.15) is 11.1 Å². The minimum Gasteiger partial charge on any atom is -0.392 e. The molecule has 1 heterocycles. The van der Waals surface area contributed by atoms with Gasteiger partial charge in [0.2, 0.25) is 10.0 Å². The van der Waals surface area contributed by atoms with Crippen molar-refractivity contribution in [1.29, 1.82) is 0 Å². The highest BCUT2D eigenvalue weighted by Gasteiger charge is 2.15. The Morgan fingerprint density at radius 2 is 1.81 bits per heavy atom. The summed E-state index contributed by atoms with van der Waals surface area (Å²) in [5, 5.41) is 8.74. The van der Waals surface area contributed by atoms with Gasteiger partial charge in [-0.25, -0.2) is 13.1 Å². The maximum Gasteiger partial charge on any atom is 0.266 e. The molecule has 2 rings (SSSR count). The number of hydrogen-bond acceptors (Lipinski definition) is 4. The summed E-state index contributed by atoms with van der Waals surface area (Å²) in [6, 6.07) is 7.94. The third kappa shape index (κ3) is 3.92. The molecule has 2 aromatic rings. The summed E-state index contributed by atoms with van der Waals surface area (Å²) in [6.07, 6.45) is 1.09. The minimum atomic E-state index is -3.77. The summed E-state index contributed by atoms with van der Waals surface area (Å²) >= 11 is 5.61. The quantitative estimate of drug-likeness (QED) is 0.762. The predicted molar refractivity (Wildman–Crippen MR) is 78.5 cm³/mol. The van der Waals surface area contributed by atoms with Crippen molar-refractivity contribution in [1.82, 2.24) is 9.71 Å². The molecule has 1 aromatic heterocycles. The number of aliphatic hydroxyl groups excluding tert-OH is 1. The Hall–Kier alpha value is -1.67. The second-order valence-electron chi connectivity index (χ2n) is 4.31. The number of sulfonamides is 1. The molecule has 0 saturated carbocycles. The van der Waals surface area contributed by atoms with E-state index in [0.29, 0.717) is 0 Å². The van der Waals surface area contributed by atoms with Crippen LogP contribution in [0.4, 0.5) is 0 Å². The smallest absolute Gasteiger partial charge is 0.266 e. The van der Waals surface area contributed by atoms with Gasteiger partial charge in [0.05, 0.1) is 11.5 Å². The largest absolute Gasteiger partial charge is 0.392 e. The third-order valence-electron chi connectivity index (χ3n) is 2.81. The predicted octanol–water partition coefficient (Wildman–Crippen LogP) is 0.999. The van der Waals surface area contributed by atoms with Gasteiger partial charge in [0.25, 0.3) is 5.56 Å². The molecule has 8 heteroatoms. The van der Waals surface area contributed by atoms with Crippen LogP contribution in [-0.4, -0.2) is 18.5 Å². The van der Waals surface area contributed by atoms with Gasteiger partial charge in [-0.1, -0.05) is 35.9 Å². The Kier molecular flexibility index (Phi) is 4.79. The highest BCUT2D eigenvalue weighted by atomic mass is 35.5. The summed E-state index contributed by atoms with van der Waals surface area (Å²) in [5.41, 5.74) is 0.940. The Morgan fingerprint density at radius 1 is 1.19 bits per heavy atom. The van der Waals surface area contributed by atoms with Crippen molar-refractivity contribution in [2.75, 3.05) is 0 Å². The van der Waals surface area contributed by atoms with E-state index >= 15 is 0 Å². The molecule has 0 aliphatic carbocycles. The highest BCUT2D eigenvalue weighted by Crippen LogP contribution is 2.11. The first-order valence-corrected chi connectivity index (χ1v) is 7.85. The van der Waals surface area contributed by atoms with Crippen LogP contribution in [0.3, 0.4) is 0 Å². The maximum atomic E-state index is 12.1. The molecule has 21 heavy (non-hydrogen) atoms. The van der Waals surface area contributed by atoms with E-state index < -0.39 is 15.6 Å². The fourth-order valence-corrected chi connectivity index (χ4v) is 2.86. The molecule has 0 aliphatic rings. The van der Waals surface area contributed by atoms with Gasteiger partial charge in [0.1, 0.15) is 5.02 Å². The molecule has 0 amide bonds. The maximum absolute atomic E-state index is 12.1. The van der Waals surface area contributed by atoms with E-state index in [4.69, 9.17) is 16.7 Å². The Morgan fingerprint density at radius 3 is 2.38 bits per heavy atom. The molecule has 0 saturated heterocycles. The average molecular weight is 329 g/mol. The van der Waals surface area contributed by atoms with Crippen LogP contribution in [0, 0.1) is 0 Å². The fourth-order valence-electron chi connectivity index (χ4n) is 1.62. The lowest BCUT2D eigenvalue weighted by Gasteiger charge is -2.07. The summed E-state index contributed by atoms with van der Waals surface area (Å²) in [5.74, 6) is 0. The van der Waals surface area contributed by atoms with Gasteiger partial charge >= 0.3 is 0 Å². The summed E-state index contributed by atoms with van der Waals surface area (Å²) in [6.45, 7) is 0.0205. The van der Waals surface area contributed by atoms with E-state index in [1.807, 2.05) is 0 Å². The second kappa shape index (κ2) is 6.40. The average Bonchev–Trinajstić information content (AvgIpc) is 2.48. The number of H-pyrrole nitrogens is 1. The van der Waals surface area contributed by atoms with E-state index in [1.54, 1.807) is 24.3 Å². The van der Waals surface area contributed by atoms with Crippen molar-refractivity contribution in [2.45, 2.75) is 18.0 Å². The molecule has 0 atom stereocenters. The van der Waals surface area contributed by atoms with Crippen LogP contribution < -0.4 is 10.3 Å². The lowest BCUT2D eigenvalue weighted by atomic mass is 10.1. The molecular weight excluding hydrogens is 316 g/mol. The normalized spacial score (nSPS) is 11.5. The summed E-state index contributed by atoms with van der Waals surface area (Å²) in [7, 11) is -3.77. The van der Waals surface area contributed by atoms with Crippen LogP contribution in [0.2, 0.25) is 5.02 Å². The Balaban J connectivity index is 2.13. The van der Waals surface area contributed by atoms with Crippen LogP contribution in [0.5, 0.6) is 0 Å². The standard InChI is InChI=1S/C13H13ClN2O4S/c14-12-5-11(7-15-13(12)18)21(19,20)16-6-9-1-3-10(8-17)4-2-9/h1-5,7,16-17H,6,8H2,(H,15,18). The molecule has 0 spiro atoms. The van der Waals surface area contributed by atoms with Gasteiger partial charge in [0.15, 0.2) is 0 Å². The molecule has 3 N–H and O–H groups in total. The first kappa shape index (κ1) is 15.7. The molecular formula is C13H13ClN2O4S. The number of nitrogens with one attached hydrogen (secondary N) is 2. The number of rotatable bonds is 5. The van der Waals surface area contributed by atoms with E-state index in [9.17, 15) is 13.2 Å². The van der Waals surface area contributed by atoms with E-state index in [-0.39, 0.29) is 23.1 Å². The van der Waals surface area contributed by atoms with Crippen LogP contribution in [-0.2, 0) is 23.2 Å². The van der Waals surface area contributed by atoms with Gasteiger partial charge in [-0.2, -0.15) is 0 Å². The molecule has 0 radical (unpaired) electrons. The molecule has 0 fully saturated rings. The number of halogens is 1.